The van der Waals surface area contributed by atoms with Crippen LogP contribution in [0.15, 0.2) is 250 Å². The third kappa shape index (κ3) is 15.5. The molecule has 15 heteroatoms. The number of aliphatic imine (C=N–C) groups is 6. The molecule has 12 nitrogen and oxygen atoms in total. The minimum atomic E-state index is -0.141. The van der Waals surface area contributed by atoms with Gasteiger partial charge >= 0.3 is 61.3 Å². The van der Waals surface area contributed by atoms with Crippen LogP contribution in [-0.4, -0.2) is 34.3 Å². The molecule has 6 aliphatic rings. The van der Waals surface area contributed by atoms with Crippen LogP contribution < -0.4 is 30.6 Å². The van der Waals surface area contributed by atoms with Crippen LogP contribution in [0.1, 0.15) is 116 Å². The quantitative estimate of drug-likeness (QED) is 0.117. The van der Waals surface area contributed by atoms with Crippen molar-refractivity contribution in [3.63, 3.8) is 0 Å². The molecule has 0 fully saturated rings. The van der Waals surface area contributed by atoms with Gasteiger partial charge in [-0.1, -0.05) is 229 Å². The van der Waals surface area contributed by atoms with Gasteiger partial charge in [0.2, 0.25) is 0 Å². The van der Waals surface area contributed by atoms with Gasteiger partial charge in [0.05, 0.1) is 34.1 Å². The predicted molar refractivity (Wildman–Crippen MR) is 334 cm³/mol. The zero-order chi connectivity index (χ0) is 61.1. The number of rotatable bonds is 6. The van der Waals surface area contributed by atoms with Crippen molar-refractivity contribution in [3.05, 3.63) is 253 Å². The molecule has 0 amide bonds. The molecule has 0 atom stereocenters. The fraction of sp³-hybridized carbons (Fsp3) is 0.250. The van der Waals surface area contributed by atoms with E-state index in [9.17, 15) is 30.6 Å². The Labute approximate surface area is 554 Å². The molecule has 0 aliphatic carbocycles. The normalized spacial score (nSPS) is 17.7. The molecule has 6 aromatic carbocycles. The van der Waals surface area contributed by atoms with Crippen molar-refractivity contribution >= 4 is 68.4 Å². The van der Waals surface area contributed by atoms with Gasteiger partial charge in [0.15, 0.2) is 0 Å². The van der Waals surface area contributed by atoms with Crippen molar-refractivity contribution in [2.75, 3.05) is 0 Å². The number of benzene rings is 6. The molecule has 456 valence electrons. The largest absolute Gasteiger partial charge is 2.00 e. The van der Waals surface area contributed by atoms with Crippen LogP contribution in [0.25, 0.3) is 0 Å². The average molecular weight is 1440 g/mol. The molecule has 0 bridgehead atoms. The molecule has 0 saturated heterocycles. The Kier molecular flexibility index (Phi) is 25.2. The van der Waals surface area contributed by atoms with E-state index in [4.69, 9.17) is 0 Å². The van der Waals surface area contributed by atoms with E-state index in [0.29, 0.717) is 0 Å². The molecule has 6 aliphatic heterocycles. The van der Waals surface area contributed by atoms with E-state index in [2.05, 4.69) is 149 Å². The maximum Gasteiger partial charge on any atom is 2.00 e. The molecule has 0 N–H and O–H groups in total. The van der Waals surface area contributed by atoms with Gasteiger partial charge in [-0.2, -0.15) is 0 Å². The van der Waals surface area contributed by atoms with Crippen molar-refractivity contribution in [2.24, 2.45) is 30.0 Å². The molecule has 12 rings (SSSR count). The Morgan fingerprint density at radius 2 is 0.333 bits per heavy atom. The van der Waals surface area contributed by atoms with Crippen LogP contribution in [0, 0.1) is 0 Å². The minimum absolute atomic E-state index is 0. The monoisotopic (exact) mass is 1430 g/mol. The third-order valence-electron chi connectivity index (χ3n) is 16.1. The fourth-order valence-corrected chi connectivity index (χ4v) is 10.9. The average Bonchev–Trinajstić information content (AvgIpc) is 2.92. The van der Waals surface area contributed by atoms with Crippen molar-refractivity contribution in [2.45, 2.75) is 116 Å². The zero-order valence-corrected chi connectivity index (χ0v) is 55.5. The van der Waals surface area contributed by atoms with Crippen LogP contribution in [0.2, 0.25) is 0 Å². The van der Waals surface area contributed by atoms with Gasteiger partial charge < -0.3 is 30.6 Å². The smallest absolute Gasteiger partial charge is 0.878 e. The molecule has 0 aromatic heterocycles. The van der Waals surface area contributed by atoms with E-state index < -0.39 is 0 Å². The van der Waals surface area contributed by atoms with Crippen LogP contribution in [-0.2, 0) is 93.8 Å². The molecule has 6 heterocycles. The van der Waals surface area contributed by atoms with Crippen LogP contribution in [0.3, 0.4) is 0 Å². The number of hydrogen-bond acceptors (Lipinski definition) is 12. The summed E-state index contributed by atoms with van der Waals surface area (Å²) in [6.07, 6.45) is 14.0. The molecule has 0 unspecified atom stereocenters. The standard InChI is InChI=1S/6C12H13NO.3Pd/c6*1-12(2)9-5-3-4-6-10(9)13-11(12)7-8-14;;;/h6*3-8,14H,1-2H3;;;/q;;;;;;3*+2/p-6/b6*8-7-;;;. The summed E-state index contributed by atoms with van der Waals surface area (Å²) < 4.78 is 0. The van der Waals surface area contributed by atoms with Crippen molar-refractivity contribution in [1.29, 1.82) is 0 Å². The minimum Gasteiger partial charge on any atom is -0.878 e. The summed E-state index contributed by atoms with van der Waals surface area (Å²) in [5.41, 5.74) is 17.2. The first-order valence-corrected chi connectivity index (χ1v) is 27.8. The van der Waals surface area contributed by atoms with E-state index >= 15 is 0 Å². The van der Waals surface area contributed by atoms with E-state index in [1.54, 1.807) is 36.5 Å². The Balaban J connectivity index is 0.000000222. The van der Waals surface area contributed by atoms with Gasteiger partial charge in [0, 0.05) is 66.8 Å². The number of fused-ring (bicyclic) bond motifs is 6. The van der Waals surface area contributed by atoms with Crippen molar-refractivity contribution in [1.82, 2.24) is 0 Å². The molecule has 6 aromatic rings. The van der Waals surface area contributed by atoms with E-state index in [0.717, 1.165) is 106 Å². The summed E-state index contributed by atoms with van der Waals surface area (Å²) in [7, 11) is 0. The number of nitrogens with zero attached hydrogens (tertiary/aromatic N) is 6. The molecule has 87 heavy (non-hydrogen) atoms. The predicted octanol–water partition coefficient (Wildman–Crippen LogP) is 11.5. The Bertz CT molecular complexity index is 3150. The van der Waals surface area contributed by atoms with Crippen molar-refractivity contribution < 1.29 is 91.9 Å². The van der Waals surface area contributed by atoms with Gasteiger partial charge in [0.1, 0.15) is 0 Å². The maximum absolute atomic E-state index is 10.5. The molecular weight excluding hydrogens is 1360 g/mol. The Morgan fingerprint density at radius 1 is 0.218 bits per heavy atom. The third-order valence-corrected chi connectivity index (χ3v) is 16.1. The molecule has 0 saturated carbocycles. The fourth-order valence-electron chi connectivity index (χ4n) is 10.9. The number of hydrogen-bond donors (Lipinski definition) is 0. The van der Waals surface area contributed by atoms with Crippen LogP contribution in [0.5, 0.6) is 0 Å². The molecular formula is C72H72N6O6Pd3. The second-order valence-electron chi connectivity index (χ2n) is 23.7. The summed E-state index contributed by atoms with van der Waals surface area (Å²) >= 11 is 0. The van der Waals surface area contributed by atoms with Crippen molar-refractivity contribution in [3.8, 4) is 0 Å². The van der Waals surface area contributed by atoms with Crippen LogP contribution >= 0.6 is 0 Å². The topological polar surface area (TPSA) is 213 Å². The van der Waals surface area contributed by atoms with E-state index in [-0.39, 0.29) is 93.8 Å². The molecule has 0 radical (unpaired) electrons. The van der Waals surface area contributed by atoms with E-state index in [1.165, 1.54) is 33.4 Å². The SMILES string of the molecule is CC1(C)C(/C=C\[O-])=Nc2ccccc21.CC1(C)C(/C=C\[O-])=Nc2ccccc21.CC1(C)C(/C=C\[O-])=Nc2ccccc21.CC1(C)C(/C=C\[O-])=Nc2ccccc21.CC1(C)C(/C=C\[O-])=Nc2ccccc21.CC1(C)C(/C=C\[O-])=Nc2ccccc21.[Pd+2].[Pd+2].[Pd+2]. The molecule has 0 spiro atoms. The maximum atomic E-state index is 10.5. The Hall–Kier alpha value is -7.43. The summed E-state index contributed by atoms with van der Waals surface area (Å²) in [5.74, 6) is 0. The summed E-state index contributed by atoms with van der Waals surface area (Å²) in [4.78, 5) is 26.5. The van der Waals surface area contributed by atoms with Gasteiger partial charge in [-0.15, -0.1) is 37.6 Å². The Morgan fingerprint density at radius 3 is 0.437 bits per heavy atom. The second kappa shape index (κ2) is 30.5. The van der Waals surface area contributed by atoms with Gasteiger partial charge in [-0.25, -0.2) is 0 Å². The first-order valence-electron chi connectivity index (χ1n) is 27.8. The first kappa shape index (κ1) is 72.0. The number of para-hydroxylation sites is 6. The summed E-state index contributed by atoms with van der Waals surface area (Å²) in [5, 5.41) is 62.8. The van der Waals surface area contributed by atoms with E-state index in [1.807, 2.05) is 109 Å². The van der Waals surface area contributed by atoms with Gasteiger partial charge in [-0.3, -0.25) is 30.0 Å². The van der Waals surface area contributed by atoms with Gasteiger partial charge in [-0.05, 0) is 69.8 Å². The summed E-state index contributed by atoms with van der Waals surface area (Å²) in [6.45, 7) is 25.0. The second-order valence-corrected chi connectivity index (χ2v) is 23.7. The van der Waals surface area contributed by atoms with Gasteiger partial charge in [0.25, 0.3) is 0 Å². The number of allylic oxidation sites excluding steroid dienone is 6. The summed E-state index contributed by atoms with van der Waals surface area (Å²) in [6, 6.07) is 48.0. The zero-order valence-electron chi connectivity index (χ0n) is 50.9. The van der Waals surface area contributed by atoms with Crippen LogP contribution in [0.4, 0.5) is 34.1 Å². The first-order chi connectivity index (χ1) is 40.0.